The van der Waals surface area contributed by atoms with Crippen LogP contribution in [0.15, 0.2) is 36.8 Å². The van der Waals surface area contributed by atoms with E-state index >= 15 is 0 Å². The number of benzene rings is 1. The van der Waals surface area contributed by atoms with Gasteiger partial charge in [0.15, 0.2) is 0 Å². The molecule has 32 heavy (non-hydrogen) atoms. The molecule has 0 saturated carbocycles. The van der Waals surface area contributed by atoms with Crippen molar-refractivity contribution in [2.24, 2.45) is 11.8 Å². The van der Waals surface area contributed by atoms with E-state index in [0.29, 0.717) is 11.9 Å². The predicted octanol–water partition coefficient (Wildman–Crippen LogP) is 0.267. The summed E-state index contributed by atoms with van der Waals surface area (Å²) in [4.78, 5) is 24.2. The van der Waals surface area contributed by atoms with E-state index in [1.807, 2.05) is 23.0 Å². The normalized spacial score (nSPS) is 16.0. The monoisotopic (exact) mass is 428 g/mol. The zero-order chi connectivity index (χ0) is 22.9. The highest BCUT2D eigenvalue weighted by Gasteiger charge is 2.25. The molecular weight excluding hydrogens is 397 g/mol. The molecule has 1 aliphatic rings. The molecule has 0 aliphatic carbocycles. The molecule has 1 amide bonds. The topological polar surface area (TPSA) is 75.9 Å². The largest absolute Gasteiger partial charge is 0.303 e. The Morgan fingerprint density at radius 2 is 1.94 bits per heavy atom. The molecule has 1 fully saturated rings. The van der Waals surface area contributed by atoms with Gasteiger partial charge in [-0.3, -0.25) is 14.8 Å². The number of hydrogen-bond donors (Lipinski definition) is 1. The Bertz CT molecular complexity index is 1100. The van der Waals surface area contributed by atoms with Crippen LogP contribution in [0.3, 0.4) is 0 Å². The van der Waals surface area contributed by atoms with Gasteiger partial charge in [0.25, 0.3) is 0 Å². The Kier molecular flexibility index (Phi) is 6.42. The van der Waals surface area contributed by atoms with Crippen molar-refractivity contribution in [3.63, 3.8) is 0 Å². The van der Waals surface area contributed by atoms with E-state index < -0.39 is 0 Å². The van der Waals surface area contributed by atoms with Crippen molar-refractivity contribution >= 4 is 46.3 Å². The smallest absolute Gasteiger partial charge is 0.229 e. The number of likely N-dealkylation sites (tertiary alicyclic amines) is 1. The van der Waals surface area contributed by atoms with Crippen LogP contribution in [-0.2, 0) is 10.0 Å². The third-order valence-corrected chi connectivity index (χ3v) is 6.00. The quantitative estimate of drug-likeness (QED) is 0.571. The standard InChI is InChI=1S/C22H31B3N6O/c1-14(2)12-30-7-5-15(6-8-30)20(32)29-21-26-10-17-4-3-16(9-19(17)28-21)18-11-27-31(13-18)22(23,24)25/h3-4,9-11,13-15H,5-8,12,23-25H2,1-2H3,(H,26,28,29,32). The zero-order valence-corrected chi connectivity index (χ0v) is 19.8. The predicted molar refractivity (Wildman–Crippen MR) is 137 cm³/mol. The van der Waals surface area contributed by atoms with Crippen LogP contribution in [0.4, 0.5) is 5.95 Å². The lowest BCUT2D eigenvalue weighted by atomic mass is 9.49. The molecule has 164 valence electrons. The van der Waals surface area contributed by atoms with Crippen LogP contribution in [0, 0.1) is 11.8 Å². The van der Waals surface area contributed by atoms with Gasteiger partial charge in [-0.15, -0.1) is 0 Å². The lowest BCUT2D eigenvalue weighted by Crippen LogP contribution is -2.39. The summed E-state index contributed by atoms with van der Waals surface area (Å²) < 4.78 is 1.96. The third kappa shape index (κ3) is 5.23. The molecule has 10 heteroatoms. The maximum absolute atomic E-state index is 12.8. The highest BCUT2D eigenvalue weighted by Crippen LogP contribution is 2.25. The highest BCUT2D eigenvalue weighted by atomic mass is 16.2. The third-order valence-electron chi connectivity index (χ3n) is 6.00. The highest BCUT2D eigenvalue weighted by molar-refractivity contribution is 6.56. The average molecular weight is 428 g/mol. The molecule has 1 N–H and O–H groups in total. The summed E-state index contributed by atoms with van der Waals surface area (Å²) in [5.74, 6) is 1.07. The Morgan fingerprint density at radius 3 is 2.59 bits per heavy atom. The van der Waals surface area contributed by atoms with Gasteiger partial charge in [0.2, 0.25) is 11.9 Å². The van der Waals surface area contributed by atoms with Crippen LogP contribution >= 0.6 is 0 Å². The molecule has 0 unspecified atom stereocenters. The van der Waals surface area contributed by atoms with E-state index in [9.17, 15) is 4.79 Å². The lowest BCUT2D eigenvalue weighted by Gasteiger charge is -2.32. The molecule has 0 spiro atoms. The number of fused-ring (bicyclic) bond motifs is 1. The Labute approximate surface area is 192 Å². The van der Waals surface area contributed by atoms with E-state index in [2.05, 4.69) is 74.9 Å². The first-order valence-corrected chi connectivity index (χ1v) is 11.5. The fourth-order valence-electron chi connectivity index (χ4n) is 4.21. The van der Waals surface area contributed by atoms with Crippen LogP contribution in [-0.4, -0.2) is 73.7 Å². The van der Waals surface area contributed by atoms with Crippen molar-refractivity contribution in [1.29, 1.82) is 0 Å². The molecule has 3 aromatic rings. The summed E-state index contributed by atoms with van der Waals surface area (Å²) in [6, 6.07) is 6.09. The molecule has 1 saturated heterocycles. The summed E-state index contributed by atoms with van der Waals surface area (Å²) in [5, 5.41) is 8.32. The van der Waals surface area contributed by atoms with Gasteiger partial charge in [-0.25, -0.2) is 9.97 Å². The molecule has 1 aliphatic heterocycles. The molecular formula is C22H31B3N6O. The van der Waals surface area contributed by atoms with Crippen LogP contribution in [0.2, 0.25) is 0 Å². The minimum atomic E-state index is -0.0698. The maximum Gasteiger partial charge on any atom is 0.229 e. The van der Waals surface area contributed by atoms with Gasteiger partial charge >= 0.3 is 0 Å². The van der Waals surface area contributed by atoms with Gasteiger partial charge in [0.1, 0.15) is 23.5 Å². The van der Waals surface area contributed by atoms with Crippen molar-refractivity contribution in [2.75, 3.05) is 25.0 Å². The van der Waals surface area contributed by atoms with Gasteiger partial charge in [0.05, 0.1) is 11.7 Å². The summed E-state index contributed by atoms with van der Waals surface area (Å²) in [6.45, 7) is 7.51. The summed E-state index contributed by atoms with van der Waals surface area (Å²) in [6.07, 6.45) is 7.46. The first kappa shape index (κ1) is 22.6. The van der Waals surface area contributed by atoms with Gasteiger partial charge in [0, 0.05) is 35.8 Å². The van der Waals surface area contributed by atoms with Crippen molar-refractivity contribution in [3.05, 3.63) is 36.8 Å². The van der Waals surface area contributed by atoms with Gasteiger partial charge in [-0.05, 0) is 48.7 Å². The Hall–Kier alpha value is -2.61. The number of carbonyl (C=O) groups is 1. The van der Waals surface area contributed by atoms with Crippen molar-refractivity contribution in [2.45, 2.75) is 31.9 Å². The number of anilines is 1. The van der Waals surface area contributed by atoms with Crippen LogP contribution in [0.25, 0.3) is 22.0 Å². The van der Waals surface area contributed by atoms with Crippen LogP contribution < -0.4 is 5.32 Å². The Morgan fingerprint density at radius 1 is 1.19 bits per heavy atom. The number of amides is 1. The van der Waals surface area contributed by atoms with E-state index in [-0.39, 0.29) is 17.1 Å². The van der Waals surface area contributed by atoms with E-state index in [1.165, 1.54) is 0 Å². The van der Waals surface area contributed by atoms with E-state index in [0.717, 1.165) is 54.5 Å². The molecule has 0 bridgehead atoms. The number of aromatic nitrogens is 4. The number of nitrogens with zero attached hydrogens (tertiary/aromatic N) is 5. The molecule has 2 aromatic heterocycles. The number of carbonyl (C=O) groups excluding carboxylic acids is 1. The first-order chi connectivity index (χ1) is 15.2. The number of nitrogens with one attached hydrogen (secondary N) is 1. The summed E-state index contributed by atoms with van der Waals surface area (Å²) in [5.41, 5.74) is 2.89. The van der Waals surface area contributed by atoms with Gasteiger partial charge in [-0.1, -0.05) is 26.0 Å². The second-order valence-electron chi connectivity index (χ2n) is 10.3. The SMILES string of the molecule is BC(B)(B)n1cc(-c2ccc3cnc(NC(=O)C4CCN(CC(C)C)CC4)nc3c2)cn1. The van der Waals surface area contributed by atoms with Crippen LogP contribution in [0.1, 0.15) is 26.7 Å². The number of rotatable bonds is 6. The van der Waals surface area contributed by atoms with Gasteiger partial charge < -0.3 is 4.90 Å². The second kappa shape index (κ2) is 9.10. The van der Waals surface area contributed by atoms with Crippen molar-refractivity contribution < 1.29 is 4.79 Å². The maximum atomic E-state index is 12.8. The number of hydrogen-bond acceptors (Lipinski definition) is 5. The Balaban J connectivity index is 1.46. The fourth-order valence-corrected chi connectivity index (χ4v) is 4.21. The zero-order valence-electron chi connectivity index (χ0n) is 19.8. The molecule has 3 heterocycles. The van der Waals surface area contributed by atoms with Crippen molar-refractivity contribution in [3.8, 4) is 11.1 Å². The molecule has 4 rings (SSSR count). The second-order valence-corrected chi connectivity index (χ2v) is 10.3. The summed E-state index contributed by atoms with van der Waals surface area (Å²) >= 11 is 0. The summed E-state index contributed by atoms with van der Waals surface area (Å²) in [7, 11) is 6.38. The fraction of sp³-hybridized carbons (Fsp3) is 0.455. The number of piperidine rings is 1. The molecule has 7 nitrogen and oxygen atoms in total. The van der Waals surface area contributed by atoms with E-state index in [4.69, 9.17) is 0 Å². The minimum absolute atomic E-state index is 0.0206. The van der Waals surface area contributed by atoms with E-state index in [1.54, 1.807) is 6.20 Å². The molecule has 1 aromatic carbocycles. The lowest BCUT2D eigenvalue weighted by molar-refractivity contribution is -0.121. The average Bonchev–Trinajstić information content (AvgIpc) is 3.24. The molecule has 0 atom stereocenters. The minimum Gasteiger partial charge on any atom is -0.303 e. The molecule has 0 radical (unpaired) electrons. The van der Waals surface area contributed by atoms with Crippen LogP contribution in [0.5, 0.6) is 0 Å². The van der Waals surface area contributed by atoms with Gasteiger partial charge in [-0.2, -0.15) is 5.10 Å². The van der Waals surface area contributed by atoms with Crippen molar-refractivity contribution in [1.82, 2.24) is 24.6 Å². The first-order valence-electron chi connectivity index (χ1n) is 11.5.